The van der Waals surface area contributed by atoms with Gasteiger partial charge in [-0.15, -0.1) is 5.10 Å². The Morgan fingerprint density at radius 3 is 2.77 bits per heavy atom. The number of anilines is 1. The number of carbonyl (C=O) groups excluding carboxylic acids is 1. The van der Waals surface area contributed by atoms with Gasteiger partial charge in [0, 0.05) is 30.4 Å². The summed E-state index contributed by atoms with van der Waals surface area (Å²) in [5.41, 5.74) is 7.99. The van der Waals surface area contributed by atoms with Crippen molar-refractivity contribution in [3.05, 3.63) is 59.9 Å². The van der Waals surface area contributed by atoms with Gasteiger partial charge in [-0.05, 0) is 24.6 Å². The van der Waals surface area contributed by atoms with Crippen LogP contribution in [0, 0.1) is 17.1 Å². The van der Waals surface area contributed by atoms with Gasteiger partial charge < -0.3 is 10.6 Å². The number of aromatic nitrogens is 5. The molecular formula is C21H15FN8O. The second-order valence-electron chi connectivity index (χ2n) is 7.06. The molecule has 1 fully saturated rings. The average molecular weight is 414 g/mol. The van der Waals surface area contributed by atoms with Gasteiger partial charge in [-0.1, -0.05) is 12.1 Å². The van der Waals surface area contributed by atoms with Crippen LogP contribution in [0.2, 0.25) is 0 Å². The molecule has 1 aliphatic rings. The van der Waals surface area contributed by atoms with Crippen molar-refractivity contribution >= 4 is 17.4 Å². The van der Waals surface area contributed by atoms with Gasteiger partial charge in [0.25, 0.3) is 5.91 Å². The third kappa shape index (κ3) is 3.03. The molecule has 0 spiro atoms. The Balaban J connectivity index is 1.82. The Morgan fingerprint density at radius 1 is 1.23 bits per heavy atom. The molecule has 9 nitrogen and oxygen atoms in total. The summed E-state index contributed by atoms with van der Waals surface area (Å²) in [4.78, 5) is 26.8. The second kappa shape index (κ2) is 7.14. The summed E-state index contributed by atoms with van der Waals surface area (Å²) in [7, 11) is 0. The number of likely N-dealkylation sites (tertiary alicyclic amines) is 1. The van der Waals surface area contributed by atoms with Crippen molar-refractivity contribution in [2.24, 2.45) is 0 Å². The molecule has 2 N–H and O–H groups in total. The molecule has 152 valence electrons. The van der Waals surface area contributed by atoms with E-state index in [1.165, 1.54) is 16.8 Å². The van der Waals surface area contributed by atoms with Crippen LogP contribution in [-0.4, -0.2) is 48.5 Å². The number of carbonyl (C=O) groups is 1. The van der Waals surface area contributed by atoms with Crippen LogP contribution in [0.1, 0.15) is 22.6 Å². The zero-order chi connectivity index (χ0) is 21.5. The number of nitrogens with zero attached hydrogens (tertiary/aromatic N) is 7. The molecule has 4 aromatic rings. The van der Waals surface area contributed by atoms with Crippen LogP contribution in [-0.2, 0) is 0 Å². The standard InChI is InChI=1S/C21H15FN8O/c22-15-11-25-6-5-14(15)17-16(13-4-1-3-12(9-13)10-23)26-18(24)20-27-19(28-30(17)20)21(31)29-7-2-8-29/h1,3-6,9,11H,2,7-8H2,(H2,24,26). The monoisotopic (exact) mass is 414 g/mol. The van der Waals surface area contributed by atoms with E-state index in [0.29, 0.717) is 29.9 Å². The molecule has 1 amide bonds. The average Bonchev–Trinajstić information content (AvgIpc) is 3.19. The molecule has 10 heteroatoms. The molecule has 0 aliphatic carbocycles. The molecule has 0 unspecified atom stereocenters. The molecule has 4 heterocycles. The van der Waals surface area contributed by atoms with Crippen molar-refractivity contribution < 1.29 is 9.18 Å². The van der Waals surface area contributed by atoms with Crippen LogP contribution in [0.3, 0.4) is 0 Å². The molecule has 5 rings (SSSR count). The van der Waals surface area contributed by atoms with E-state index in [0.717, 1.165) is 12.6 Å². The maximum Gasteiger partial charge on any atom is 0.293 e. The summed E-state index contributed by atoms with van der Waals surface area (Å²) in [5.74, 6) is -0.916. The Morgan fingerprint density at radius 2 is 2.06 bits per heavy atom. The van der Waals surface area contributed by atoms with Crippen LogP contribution in [0.5, 0.6) is 0 Å². The molecule has 0 bridgehead atoms. The van der Waals surface area contributed by atoms with E-state index in [9.17, 15) is 14.4 Å². The first kappa shape index (κ1) is 18.6. The number of fused-ring (bicyclic) bond motifs is 1. The van der Waals surface area contributed by atoms with E-state index in [2.05, 4.69) is 26.1 Å². The number of hydrogen-bond acceptors (Lipinski definition) is 7. The number of nitrogens with two attached hydrogens (primary N) is 1. The van der Waals surface area contributed by atoms with Crippen LogP contribution >= 0.6 is 0 Å². The molecular weight excluding hydrogens is 399 g/mol. The van der Waals surface area contributed by atoms with E-state index in [-0.39, 0.29) is 34.5 Å². The minimum Gasteiger partial charge on any atom is -0.381 e. The van der Waals surface area contributed by atoms with E-state index < -0.39 is 5.82 Å². The van der Waals surface area contributed by atoms with E-state index >= 15 is 0 Å². The van der Waals surface area contributed by atoms with Crippen LogP contribution < -0.4 is 5.73 Å². The van der Waals surface area contributed by atoms with Crippen molar-refractivity contribution in [2.75, 3.05) is 18.8 Å². The summed E-state index contributed by atoms with van der Waals surface area (Å²) in [6.07, 6.45) is 3.45. The first-order valence-electron chi connectivity index (χ1n) is 9.53. The van der Waals surface area contributed by atoms with Gasteiger partial charge in [-0.2, -0.15) is 10.2 Å². The SMILES string of the molecule is N#Cc1cccc(-c2nc(N)c3nc(C(=O)N4CCC4)nn3c2-c2ccncc2F)c1. The Kier molecular flexibility index (Phi) is 4.29. The highest BCUT2D eigenvalue weighted by molar-refractivity contribution is 5.92. The largest absolute Gasteiger partial charge is 0.381 e. The fourth-order valence-electron chi connectivity index (χ4n) is 3.46. The number of nitriles is 1. The minimum absolute atomic E-state index is 0.0331. The van der Waals surface area contributed by atoms with Gasteiger partial charge in [-0.3, -0.25) is 9.78 Å². The number of amides is 1. The summed E-state index contributed by atoms with van der Waals surface area (Å²) in [6, 6.07) is 10.3. The van der Waals surface area contributed by atoms with Gasteiger partial charge >= 0.3 is 0 Å². The van der Waals surface area contributed by atoms with Crippen molar-refractivity contribution in [3.63, 3.8) is 0 Å². The highest BCUT2D eigenvalue weighted by atomic mass is 19.1. The molecule has 0 saturated carbocycles. The molecule has 1 aliphatic heterocycles. The van der Waals surface area contributed by atoms with E-state index in [4.69, 9.17) is 5.73 Å². The molecule has 1 saturated heterocycles. The van der Waals surface area contributed by atoms with Gasteiger partial charge in [0.05, 0.1) is 23.5 Å². The van der Waals surface area contributed by atoms with Crippen LogP contribution in [0.25, 0.3) is 28.2 Å². The minimum atomic E-state index is -0.598. The third-order valence-corrected chi connectivity index (χ3v) is 5.13. The third-order valence-electron chi connectivity index (χ3n) is 5.13. The lowest BCUT2D eigenvalue weighted by molar-refractivity contribution is 0.0639. The summed E-state index contributed by atoms with van der Waals surface area (Å²) >= 11 is 0. The lowest BCUT2D eigenvalue weighted by atomic mass is 10.0. The Labute approximate surface area is 175 Å². The lowest BCUT2D eigenvalue weighted by Gasteiger charge is -2.29. The van der Waals surface area contributed by atoms with Gasteiger partial charge in [0.15, 0.2) is 17.3 Å². The molecule has 3 aromatic heterocycles. The fourth-order valence-corrected chi connectivity index (χ4v) is 3.46. The van der Waals surface area contributed by atoms with Gasteiger partial charge in [0.1, 0.15) is 5.69 Å². The summed E-state index contributed by atoms with van der Waals surface area (Å²) in [6.45, 7) is 1.28. The number of benzene rings is 1. The second-order valence-corrected chi connectivity index (χ2v) is 7.06. The normalized spacial score (nSPS) is 13.1. The zero-order valence-corrected chi connectivity index (χ0v) is 16.2. The molecule has 1 aromatic carbocycles. The number of hydrogen-bond donors (Lipinski definition) is 1. The zero-order valence-electron chi connectivity index (χ0n) is 16.2. The maximum absolute atomic E-state index is 14.8. The predicted molar refractivity (Wildman–Crippen MR) is 109 cm³/mol. The van der Waals surface area contributed by atoms with Crippen molar-refractivity contribution in [3.8, 4) is 28.6 Å². The predicted octanol–water partition coefficient (Wildman–Crippen LogP) is 2.29. The summed E-state index contributed by atoms with van der Waals surface area (Å²) < 4.78 is 16.1. The number of pyridine rings is 1. The molecule has 31 heavy (non-hydrogen) atoms. The topological polar surface area (TPSA) is 126 Å². The van der Waals surface area contributed by atoms with Gasteiger partial charge in [0.2, 0.25) is 5.82 Å². The van der Waals surface area contributed by atoms with Crippen LogP contribution in [0.15, 0.2) is 42.7 Å². The quantitative estimate of drug-likeness (QED) is 0.545. The van der Waals surface area contributed by atoms with Crippen LogP contribution in [0.4, 0.5) is 10.2 Å². The van der Waals surface area contributed by atoms with Crippen molar-refractivity contribution in [2.45, 2.75) is 6.42 Å². The highest BCUT2D eigenvalue weighted by Gasteiger charge is 2.28. The van der Waals surface area contributed by atoms with E-state index in [1.54, 1.807) is 29.2 Å². The van der Waals surface area contributed by atoms with Gasteiger partial charge in [-0.25, -0.2) is 13.9 Å². The van der Waals surface area contributed by atoms with Crippen molar-refractivity contribution in [1.29, 1.82) is 5.26 Å². The number of rotatable bonds is 3. The number of halogens is 1. The highest BCUT2D eigenvalue weighted by Crippen LogP contribution is 2.34. The Bertz CT molecular complexity index is 1390. The Hall–Kier alpha value is -4.39. The smallest absolute Gasteiger partial charge is 0.293 e. The fraction of sp³-hybridized carbons (Fsp3) is 0.143. The van der Waals surface area contributed by atoms with Crippen molar-refractivity contribution in [1.82, 2.24) is 29.5 Å². The molecule has 0 radical (unpaired) electrons. The lowest BCUT2D eigenvalue weighted by Crippen LogP contribution is -2.42. The molecule has 0 atom stereocenters. The summed E-state index contributed by atoms with van der Waals surface area (Å²) in [5, 5.41) is 13.6. The first-order valence-corrected chi connectivity index (χ1v) is 9.53. The first-order chi connectivity index (χ1) is 15.1. The number of nitrogen functional groups attached to an aromatic ring is 1. The van der Waals surface area contributed by atoms with E-state index in [1.807, 2.05) is 0 Å². The maximum atomic E-state index is 14.8.